The van der Waals surface area contributed by atoms with Crippen molar-refractivity contribution in [2.75, 3.05) is 32.6 Å². The molecule has 2 rings (SSSR count). The van der Waals surface area contributed by atoms with Crippen LogP contribution in [0.5, 0.6) is 5.75 Å². The van der Waals surface area contributed by atoms with Crippen LogP contribution in [0, 0.1) is 11.3 Å². The largest absolute Gasteiger partial charge is 0.492 e. The number of nitriles is 1. The molecule has 0 aliphatic carbocycles. The molecule has 0 bridgehead atoms. The summed E-state index contributed by atoms with van der Waals surface area (Å²) in [5.74, 6) is 0.613. The second-order valence-corrected chi connectivity index (χ2v) is 5.59. The van der Waals surface area contributed by atoms with E-state index in [1.54, 1.807) is 18.2 Å². The van der Waals surface area contributed by atoms with Gasteiger partial charge in [0.25, 0.3) is 0 Å². The summed E-state index contributed by atoms with van der Waals surface area (Å²) in [5.41, 5.74) is 1.88. The number of aliphatic hydroxyl groups excluding tert-OH is 1. The van der Waals surface area contributed by atoms with Gasteiger partial charge in [-0.3, -0.25) is 4.98 Å². The average molecular weight is 326 g/mol. The number of aliphatic hydroxyl groups is 1. The molecule has 0 saturated heterocycles. The number of likely N-dealkylation sites (N-methyl/N-ethyl adjacent to an activating group) is 1. The fourth-order valence-electron chi connectivity index (χ4n) is 2.21. The molecule has 0 saturated carbocycles. The van der Waals surface area contributed by atoms with Gasteiger partial charge >= 0.3 is 0 Å². The second kappa shape index (κ2) is 8.29. The summed E-state index contributed by atoms with van der Waals surface area (Å²) < 4.78 is 5.63. The summed E-state index contributed by atoms with van der Waals surface area (Å²) in [5, 5.41) is 23.0. The Morgan fingerprint density at radius 1 is 1.42 bits per heavy atom. The molecule has 0 radical (unpaired) electrons. The Balaban J connectivity index is 2.30. The Labute approximate surface area is 142 Å². The van der Waals surface area contributed by atoms with Crippen molar-refractivity contribution in [3.63, 3.8) is 0 Å². The van der Waals surface area contributed by atoms with Crippen molar-refractivity contribution < 1.29 is 9.84 Å². The number of anilines is 1. The minimum atomic E-state index is -0.839. The van der Waals surface area contributed by atoms with E-state index >= 15 is 0 Å². The quantitative estimate of drug-likeness (QED) is 0.600. The third kappa shape index (κ3) is 4.69. The third-order valence-corrected chi connectivity index (χ3v) is 3.30. The number of benzene rings is 1. The molecule has 1 aromatic heterocycles. The Bertz CT molecular complexity index is 765. The van der Waals surface area contributed by atoms with E-state index in [9.17, 15) is 5.11 Å². The van der Waals surface area contributed by atoms with E-state index in [1.165, 1.54) is 6.20 Å². The molecule has 1 unspecified atom stereocenters. The van der Waals surface area contributed by atoms with Crippen molar-refractivity contribution in [2.45, 2.75) is 13.2 Å². The number of hydrogen-bond donors (Lipinski definition) is 2. The molecule has 0 aliphatic heterocycles. The summed E-state index contributed by atoms with van der Waals surface area (Å²) in [6.07, 6.45) is 4.26. The smallest absolute Gasteiger partial charge is 0.144 e. The molecule has 0 aliphatic rings. The van der Waals surface area contributed by atoms with E-state index < -0.39 is 6.23 Å². The lowest BCUT2D eigenvalue weighted by Crippen LogP contribution is -2.18. The molecule has 126 valence electrons. The van der Waals surface area contributed by atoms with E-state index in [-0.39, 0.29) is 0 Å². The van der Waals surface area contributed by atoms with Crippen molar-refractivity contribution in [3.8, 4) is 11.8 Å². The zero-order valence-electron chi connectivity index (χ0n) is 14.2. The SMILES string of the molecule is CCOc1cc2ncc(C#N)cc2cc1NC(O)/C=C/CN(C)C. The summed E-state index contributed by atoms with van der Waals surface area (Å²) >= 11 is 0. The van der Waals surface area contributed by atoms with Gasteiger partial charge in [-0.25, -0.2) is 0 Å². The Morgan fingerprint density at radius 3 is 2.88 bits per heavy atom. The predicted octanol–water partition coefficient (Wildman–Crippen LogP) is 2.35. The van der Waals surface area contributed by atoms with E-state index in [1.807, 2.05) is 38.1 Å². The van der Waals surface area contributed by atoms with Crippen LogP contribution in [-0.2, 0) is 0 Å². The van der Waals surface area contributed by atoms with Gasteiger partial charge in [-0.05, 0) is 39.2 Å². The average Bonchev–Trinajstić information content (AvgIpc) is 2.54. The van der Waals surface area contributed by atoms with Crippen molar-refractivity contribution in [3.05, 3.63) is 42.1 Å². The first-order valence-electron chi connectivity index (χ1n) is 7.76. The number of hydrogen-bond acceptors (Lipinski definition) is 6. The number of nitrogens with zero attached hydrogens (tertiary/aromatic N) is 3. The van der Waals surface area contributed by atoms with Crippen LogP contribution < -0.4 is 10.1 Å². The first-order valence-corrected chi connectivity index (χ1v) is 7.76. The minimum absolute atomic E-state index is 0.490. The summed E-state index contributed by atoms with van der Waals surface area (Å²) in [4.78, 5) is 6.27. The molecular weight excluding hydrogens is 304 g/mol. The van der Waals surface area contributed by atoms with Gasteiger partial charge in [-0.1, -0.05) is 6.08 Å². The van der Waals surface area contributed by atoms with E-state index in [0.29, 0.717) is 23.6 Å². The van der Waals surface area contributed by atoms with Crippen LogP contribution in [0.15, 0.2) is 36.5 Å². The monoisotopic (exact) mass is 326 g/mol. The molecule has 6 nitrogen and oxygen atoms in total. The molecule has 2 aromatic rings. The number of nitrogens with one attached hydrogen (secondary N) is 1. The topological polar surface area (TPSA) is 81.4 Å². The van der Waals surface area contributed by atoms with Crippen molar-refractivity contribution in [1.29, 1.82) is 5.26 Å². The van der Waals surface area contributed by atoms with Crippen molar-refractivity contribution >= 4 is 16.6 Å². The van der Waals surface area contributed by atoms with Gasteiger partial charge in [0.15, 0.2) is 0 Å². The number of aromatic nitrogens is 1. The molecule has 6 heteroatoms. The van der Waals surface area contributed by atoms with Crippen LogP contribution in [-0.4, -0.2) is 48.5 Å². The summed E-state index contributed by atoms with van der Waals surface area (Å²) in [6.45, 7) is 3.14. The Kier molecular flexibility index (Phi) is 6.13. The van der Waals surface area contributed by atoms with Crippen LogP contribution in [0.2, 0.25) is 0 Å². The molecule has 1 atom stereocenters. The molecule has 1 heterocycles. The van der Waals surface area contributed by atoms with Crippen LogP contribution in [0.4, 0.5) is 5.69 Å². The van der Waals surface area contributed by atoms with E-state index in [2.05, 4.69) is 16.4 Å². The maximum atomic E-state index is 10.1. The fourth-order valence-corrected chi connectivity index (χ4v) is 2.21. The number of rotatable bonds is 7. The summed E-state index contributed by atoms with van der Waals surface area (Å²) in [6, 6.07) is 7.47. The first-order chi connectivity index (χ1) is 11.5. The highest BCUT2D eigenvalue weighted by Gasteiger charge is 2.10. The van der Waals surface area contributed by atoms with Gasteiger partial charge in [0.05, 0.1) is 23.4 Å². The highest BCUT2D eigenvalue weighted by atomic mass is 16.5. The van der Waals surface area contributed by atoms with E-state index in [0.717, 1.165) is 17.4 Å². The Hall–Kier alpha value is -2.62. The number of fused-ring (bicyclic) bond motifs is 1. The molecular formula is C18H22N4O2. The lowest BCUT2D eigenvalue weighted by Gasteiger charge is -2.16. The zero-order chi connectivity index (χ0) is 17.5. The standard InChI is InChI=1S/C18H22N4O2/c1-4-24-17-10-15-14(8-13(11-19)12-20-15)9-16(17)21-18(23)6-5-7-22(2)3/h5-6,8-10,12,18,21,23H,4,7H2,1-3H3/b6-5+. The van der Waals surface area contributed by atoms with E-state index in [4.69, 9.17) is 10.00 Å². The van der Waals surface area contributed by atoms with Gasteiger partial charge in [0.1, 0.15) is 18.0 Å². The molecule has 2 N–H and O–H groups in total. The highest BCUT2D eigenvalue weighted by Crippen LogP contribution is 2.30. The van der Waals surface area contributed by atoms with Gasteiger partial charge in [0, 0.05) is 24.2 Å². The fraction of sp³-hybridized carbons (Fsp3) is 0.333. The number of pyridine rings is 1. The normalized spacial score (nSPS) is 12.5. The van der Waals surface area contributed by atoms with Gasteiger partial charge in [0.2, 0.25) is 0 Å². The van der Waals surface area contributed by atoms with Crippen molar-refractivity contribution in [1.82, 2.24) is 9.88 Å². The molecule has 1 aromatic carbocycles. The minimum Gasteiger partial charge on any atom is -0.492 e. The first kappa shape index (κ1) is 17.7. The van der Waals surface area contributed by atoms with Crippen LogP contribution in [0.1, 0.15) is 12.5 Å². The van der Waals surface area contributed by atoms with Crippen LogP contribution in [0.3, 0.4) is 0 Å². The zero-order valence-corrected chi connectivity index (χ0v) is 14.2. The van der Waals surface area contributed by atoms with Gasteiger partial charge < -0.3 is 20.1 Å². The van der Waals surface area contributed by atoms with Gasteiger partial charge in [-0.2, -0.15) is 5.26 Å². The lowest BCUT2D eigenvalue weighted by atomic mass is 10.1. The second-order valence-electron chi connectivity index (χ2n) is 5.59. The number of ether oxygens (including phenoxy) is 1. The van der Waals surface area contributed by atoms with Crippen molar-refractivity contribution in [2.24, 2.45) is 0 Å². The molecule has 24 heavy (non-hydrogen) atoms. The molecule has 0 amide bonds. The summed E-state index contributed by atoms with van der Waals surface area (Å²) in [7, 11) is 3.92. The lowest BCUT2D eigenvalue weighted by molar-refractivity contribution is 0.250. The molecule has 0 fully saturated rings. The maximum Gasteiger partial charge on any atom is 0.144 e. The highest BCUT2D eigenvalue weighted by molar-refractivity contribution is 5.86. The van der Waals surface area contributed by atoms with Crippen LogP contribution >= 0.6 is 0 Å². The third-order valence-electron chi connectivity index (χ3n) is 3.30. The molecule has 0 spiro atoms. The predicted molar refractivity (Wildman–Crippen MR) is 95.0 cm³/mol. The maximum absolute atomic E-state index is 10.1. The van der Waals surface area contributed by atoms with Gasteiger partial charge in [-0.15, -0.1) is 0 Å². The Morgan fingerprint density at radius 2 is 2.21 bits per heavy atom. The van der Waals surface area contributed by atoms with Crippen LogP contribution in [0.25, 0.3) is 10.9 Å².